The van der Waals surface area contributed by atoms with E-state index < -0.39 is 88.4 Å². The van der Waals surface area contributed by atoms with Gasteiger partial charge in [0, 0.05) is 0 Å². The quantitative estimate of drug-likeness (QED) is 0.440. The van der Waals surface area contributed by atoms with Crippen LogP contribution in [0.5, 0.6) is 0 Å². The second-order valence-electron chi connectivity index (χ2n) is 9.56. The molecule has 0 N–H and O–H groups in total. The van der Waals surface area contributed by atoms with Crippen molar-refractivity contribution < 1.29 is 0 Å². The van der Waals surface area contributed by atoms with Gasteiger partial charge >= 0.3 is 177 Å². The summed E-state index contributed by atoms with van der Waals surface area (Å²) in [6.45, 7) is 15.6. The molecule has 4 unspecified atom stereocenters. The van der Waals surface area contributed by atoms with Gasteiger partial charge in [-0.25, -0.2) is 0 Å². The molecule has 2 aliphatic carbocycles. The molecule has 2 aliphatic heterocycles. The topological polar surface area (TPSA) is 0 Å². The zero-order chi connectivity index (χ0) is 14.6. The van der Waals surface area contributed by atoms with E-state index in [1.165, 1.54) is 0 Å². The van der Waals surface area contributed by atoms with E-state index in [-0.39, 0.29) is 0 Å². The number of rotatable bonds is 1. The molecule has 2 heterocycles. The predicted octanol–water partition coefficient (Wildman–Crippen LogP) is 4.78. The van der Waals surface area contributed by atoms with E-state index in [4.69, 9.17) is 0 Å². The van der Waals surface area contributed by atoms with Gasteiger partial charge in [0.1, 0.15) is 0 Å². The molecule has 20 heavy (non-hydrogen) atoms. The predicted molar refractivity (Wildman–Crippen MR) is 88.6 cm³/mol. The summed E-state index contributed by atoms with van der Waals surface area (Å²) in [6, 6.07) is 0. The van der Waals surface area contributed by atoms with Crippen LogP contribution in [0.2, 0.25) is 2.55 Å². The van der Waals surface area contributed by atoms with Crippen molar-refractivity contribution in [3.63, 3.8) is 0 Å². The van der Waals surface area contributed by atoms with Gasteiger partial charge in [-0.1, -0.05) is 0 Å². The molecular formula is C18H26Ba2. The SMILES string of the molecule is CC12[CH2][Ba][CH](C=C1C1=C[CH]3[Ba][CH2]C1(C)C3(C)C)C2(C)C. The van der Waals surface area contributed by atoms with Gasteiger partial charge < -0.3 is 0 Å². The average Bonchev–Trinajstić information content (AvgIpc) is 2.87. The van der Waals surface area contributed by atoms with Gasteiger partial charge in [-0.05, 0) is 0 Å². The fourth-order valence-electron chi connectivity index (χ4n) is 6.16. The summed E-state index contributed by atoms with van der Waals surface area (Å²) in [4.78, 5) is 0. The molecule has 0 nitrogen and oxygen atoms in total. The van der Waals surface area contributed by atoms with Crippen molar-refractivity contribution in [1.29, 1.82) is 0 Å². The van der Waals surface area contributed by atoms with Crippen LogP contribution in [0.25, 0.3) is 0 Å². The molecule has 0 aromatic rings. The van der Waals surface area contributed by atoms with Gasteiger partial charge in [0.15, 0.2) is 0 Å². The Labute approximate surface area is 173 Å². The Morgan fingerprint density at radius 3 is 1.30 bits per heavy atom. The normalized spacial score (nSPS) is 48.9. The van der Waals surface area contributed by atoms with Crippen LogP contribution in [0.4, 0.5) is 0 Å². The minimum atomic E-state index is -0.631. The maximum atomic E-state index is 2.80. The molecule has 0 aromatic carbocycles. The van der Waals surface area contributed by atoms with Crippen molar-refractivity contribution in [2.24, 2.45) is 21.7 Å². The van der Waals surface area contributed by atoms with Crippen LogP contribution in [0, 0.1) is 21.7 Å². The summed E-state index contributed by atoms with van der Waals surface area (Å²) in [5, 5.41) is 0. The number of hydrogen-bond acceptors (Lipinski definition) is 0. The van der Waals surface area contributed by atoms with E-state index in [0.717, 1.165) is 0.772 Å². The van der Waals surface area contributed by atoms with Crippen molar-refractivity contribution in [2.75, 3.05) is 0 Å². The van der Waals surface area contributed by atoms with Crippen LogP contribution >= 0.6 is 0 Å². The van der Waals surface area contributed by atoms with Gasteiger partial charge in [-0.15, -0.1) is 0 Å². The van der Waals surface area contributed by atoms with E-state index in [0.29, 0.717) is 21.7 Å². The van der Waals surface area contributed by atoms with Crippen LogP contribution < -0.4 is 0 Å². The monoisotopic (exact) mass is 518 g/mol. The van der Waals surface area contributed by atoms with Gasteiger partial charge in [0.2, 0.25) is 0 Å². The Morgan fingerprint density at radius 1 is 0.750 bits per heavy atom. The molecule has 2 saturated heterocycles. The van der Waals surface area contributed by atoms with Crippen molar-refractivity contribution in [1.82, 2.24) is 0 Å². The molecule has 4 atom stereocenters. The first-order chi connectivity index (χ1) is 9.14. The molecule has 4 bridgehead atoms. The minimum absolute atomic E-state index is 0.547. The Bertz CT molecular complexity index is 504. The third-order valence-electron chi connectivity index (χ3n) is 8.82. The third-order valence-corrected chi connectivity index (χ3v) is 28.7. The Kier molecular flexibility index (Phi) is 3.72. The summed E-state index contributed by atoms with van der Waals surface area (Å²) in [6.07, 6.45) is 5.60. The van der Waals surface area contributed by atoms with Crippen molar-refractivity contribution >= 4 is 88.4 Å². The van der Waals surface area contributed by atoms with Crippen LogP contribution in [0.15, 0.2) is 23.3 Å². The maximum absolute atomic E-state index is 2.80. The molecular weight excluding hydrogens is 491 g/mol. The van der Waals surface area contributed by atoms with Gasteiger partial charge in [-0.2, -0.15) is 0 Å². The van der Waals surface area contributed by atoms with E-state index in [1.54, 1.807) is 1.78 Å². The number of allylic oxidation sites excluding steroid dienone is 4. The van der Waals surface area contributed by atoms with Crippen LogP contribution in [0.1, 0.15) is 41.5 Å². The molecule has 0 amide bonds. The fraction of sp³-hybridized carbons (Fsp3) is 0.778. The third kappa shape index (κ3) is 1.69. The molecule has 4 aliphatic rings. The Morgan fingerprint density at radius 2 is 1.10 bits per heavy atom. The molecule has 2 heteroatoms. The van der Waals surface area contributed by atoms with E-state index in [1.807, 2.05) is 11.1 Å². The van der Waals surface area contributed by atoms with Crippen LogP contribution in [-0.4, -0.2) is 88.4 Å². The average molecular weight is 517 g/mol. The van der Waals surface area contributed by atoms with Crippen LogP contribution in [-0.2, 0) is 0 Å². The fourth-order valence-corrected chi connectivity index (χ4v) is 27.4. The Hall–Kier alpha value is 2.62. The first kappa shape index (κ1) is 16.1. The second kappa shape index (κ2) is 4.62. The van der Waals surface area contributed by atoms with Crippen LogP contribution in [0.3, 0.4) is 0 Å². The zero-order valence-corrected chi connectivity index (χ0v) is 23.0. The standard InChI is InChI=1S/C18H26.2Ba/c1-15(2)11-9-13(17(15,5)6)14-10-12-16(3,4)18(14,7)8;;/h9-12H,5,7H2,1-4,6,8H3;;. The van der Waals surface area contributed by atoms with E-state index >= 15 is 0 Å². The molecule has 102 valence electrons. The van der Waals surface area contributed by atoms with Crippen molar-refractivity contribution in [3.8, 4) is 0 Å². The summed E-state index contributed by atoms with van der Waals surface area (Å²) in [5.74, 6) is 0. The molecule has 0 spiro atoms. The molecule has 0 saturated carbocycles. The zero-order valence-electron chi connectivity index (χ0n) is 14.1. The summed E-state index contributed by atoms with van der Waals surface area (Å²) < 4.78 is 5.39. The van der Waals surface area contributed by atoms with E-state index in [9.17, 15) is 0 Å². The van der Waals surface area contributed by atoms with Gasteiger partial charge in [-0.3, -0.25) is 0 Å². The summed E-state index contributed by atoms with van der Waals surface area (Å²) in [5.41, 5.74) is 5.93. The van der Waals surface area contributed by atoms with Crippen molar-refractivity contribution in [2.45, 2.75) is 44.1 Å². The first-order valence-corrected chi connectivity index (χ1v) is 20.0. The molecule has 4 rings (SSSR count). The Balaban J connectivity index is 1.83. The molecule has 0 radical (unpaired) electrons. The molecule has 2 fully saturated rings. The first-order valence-electron chi connectivity index (χ1n) is 8.59. The summed E-state index contributed by atoms with van der Waals surface area (Å²) in [7, 11) is 0. The van der Waals surface area contributed by atoms with Crippen molar-refractivity contribution in [3.05, 3.63) is 23.3 Å². The van der Waals surface area contributed by atoms with E-state index in [2.05, 4.69) is 53.7 Å². The molecule has 0 aromatic heterocycles. The number of fused-ring (bicyclic) bond motifs is 4. The number of hydrogen-bond donors (Lipinski definition) is 0. The van der Waals surface area contributed by atoms with Gasteiger partial charge in [0.05, 0.1) is 0 Å². The summed E-state index contributed by atoms with van der Waals surface area (Å²) >= 11 is -1.26. The van der Waals surface area contributed by atoms with Gasteiger partial charge in [0.25, 0.3) is 0 Å². The second-order valence-corrected chi connectivity index (χ2v) is 21.8.